The van der Waals surface area contributed by atoms with Crippen LogP contribution in [0.5, 0.6) is 0 Å². The second-order valence-electron chi connectivity index (χ2n) is 4.90. The van der Waals surface area contributed by atoms with E-state index in [4.69, 9.17) is 9.84 Å². The Morgan fingerprint density at radius 2 is 2.27 bits per heavy atom. The van der Waals surface area contributed by atoms with E-state index >= 15 is 0 Å². The van der Waals surface area contributed by atoms with E-state index in [-0.39, 0.29) is 25.1 Å². The first-order valence-electron chi connectivity index (χ1n) is 6.58. The predicted octanol–water partition coefficient (Wildman–Crippen LogP) is -2.79. The number of nitrogens with zero attached hydrogens (tertiary/aromatic N) is 5. The highest BCUT2D eigenvalue weighted by atomic mass is 16.5. The SMILES string of the molecule is O=c1[nH]c(=O)n([C@H]2C[C@H](O)[C@@H](CO)O2)cc1Cn1ncnn1. The van der Waals surface area contributed by atoms with Crippen LogP contribution >= 0.6 is 0 Å². The molecule has 0 saturated carbocycles. The highest BCUT2D eigenvalue weighted by Crippen LogP contribution is 2.27. The van der Waals surface area contributed by atoms with Gasteiger partial charge in [0.05, 0.1) is 24.8 Å². The lowest BCUT2D eigenvalue weighted by Crippen LogP contribution is -2.35. The molecule has 0 unspecified atom stereocenters. The molecule has 1 aliphatic rings. The first-order chi connectivity index (χ1) is 10.6. The van der Waals surface area contributed by atoms with E-state index in [1.807, 2.05) is 0 Å². The zero-order valence-electron chi connectivity index (χ0n) is 11.4. The molecule has 0 radical (unpaired) electrons. The van der Waals surface area contributed by atoms with Gasteiger partial charge in [0, 0.05) is 12.6 Å². The number of aliphatic hydroxyl groups excluding tert-OH is 2. The van der Waals surface area contributed by atoms with Gasteiger partial charge in [-0.25, -0.2) is 4.79 Å². The Hall–Kier alpha value is -2.37. The number of ether oxygens (including phenoxy) is 1. The minimum absolute atomic E-state index is 0.0360. The number of aliphatic hydroxyl groups is 2. The summed E-state index contributed by atoms with van der Waals surface area (Å²) in [7, 11) is 0. The van der Waals surface area contributed by atoms with Crippen molar-refractivity contribution in [3.05, 3.63) is 38.9 Å². The van der Waals surface area contributed by atoms with Crippen LogP contribution in [-0.4, -0.2) is 58.8 Å². The third-order valence-electron chi connectivity index (χ3n) is 3.44. The van der Waals surface area contributed by atoms with Crippen molar-refractivity contribution < 1.29 is 14.9 Å². The van der Waals surface area contributed by atoms with Crippen molar-refractivity contribution in [1.82, 2.24) is 29.8 Å². The number of hydrogen-bond donors (Lipinski definition) is 3. The van der Waals surface area contributed by atoms with E-state index in [1.54, 1.807) is 0 Å². The summed E-state index contributed by atoms with van der Waals surface area (Å²) in [6.07, 6.45) is 0.296. The second-order valence-corrected chi connectivity index (χ2v) is 4.90. The van der Waals surface area contributed by atoms with E-state index in [0.717, 1.165) is 0 Å². The molecule has 2 aromatic heterocycles. The maximum atomic E-state index is 11.9. The zero-order chi connectivity index (χ0) is 15.7. The fraction of sp³-hybridized carbons (Fsp3) is 0.545. The molecular formula is C11H14N6O5. The summed E-state index contributed by atoms with van der Waals surface area (Å²) in [5, 5.41) is 29.8. The standard InChI is InChI=1S/C11H14N6O5/c18-4-8-7(19)1-9(22-8)16-2-6(10(20)14-11(16)21)3-17-13-5-12-15-17/h2,5,7-9,18-19H,1,3-4H2,(H,14,20,21)/t7-,8+,9+/m0/s1. The average Bonchev–Trinajstić information content (AvgIpc) is 3.11. The molecule has 3 atom stereocenters. The van der Waals surface area contributed by atoms with Gasteiger partial charge in [-0.2, -0.15) is 4.80 Å². The average molecular weight is 310 g/mol. The molecule has 118 valence electrons. The number of aromatic nitrogens is 6. The van der Waals surface area contributed by atoms with Gasteiger partial charge < -0.3 is 14.9 Å². The normalized spacial score (nSPS) is 24.7. The third kappa shape index (κ3) is 2.68. The highest BCUT2D eigenvalue weighted by Gasteiger charge is 2.35. The molecular weight excluding hydrogens is 296 g/mol. The van der Waals surface area contributed by atoms with E-state index in [2.05, 4.69) is 20.4 Å². The molecule has 2 aromatic rings. The van der Waals surface area contributed by atoms with Crippen LogP contribution in [0, 0.1) is 0 Å². The number of rotatable bonds is 4. The van der Waals surface area contributed by atoms with Crippen molar-refractivity contribution in [2.75, 3.05) is 6.61 Å². The van der Waals surface area contributed by atoms with Gasteiger partial charge in [0.2, 0.25) is 0 Å². The quantitative estimate of drug-likeness (QED) is 0.549. The van der Waals surface area contributed by atoms with Gasteiger partial charge in [-0.3, -0.25) is 14.3 Å². The summed E-state index contributed by atoms with van der Waals surface area (Å²) in [6, 6.07) is 0. The summed E-state index contributed by atoms with van der Waals surface area (Å²) < 4.78 is 6.58. The first-order valence-corrected chi connectivity index (χ1v) is 6.58. The Balaban J connectivity index is 1.92. The van der Waals surface area contributed by atoms with Gasteiger partial charge in [0.15, 0.2) is 6.33 Å². The minimum atomic E-state index is -0.880. The fourth-order valence-electron chi connectivity index (χ4n) is 2.32. The molecule has 0 aromatic carbocycles. The molecule has 11 heteroatoms. The van der Waals surface area contributed by atoms with Gasteiger partial charge in [-0.1, -0.05) is 0 Å². The number of tetrazole rings is 1. The topological polar surface area (TPSA) is 148 Å². The van der Waals surface area contributed by atoms with Gasteiger partial charge >= 0.3 is 5.69 Å². The third-order valence-corrected chi connectivity index (χ3v) is 3.44. The van der Waals surface area contributed by atoms with Crippen molar-refractivity contribution in [2.24, 2.45) is 0 Å². The Labute approximate surface area is 122 Å². The van der Waals surface area contributed by atoms with Crippen LogP contribution in [0.4, 0.5) is 0 Å². The van der Waals surface area contributed by atoms with Crippen LogP contribution in [0.25, 0.3) is 0 Å². The van der Waals surface area contributed by atoms with Gasteiger partial charge in [-0.15, -0.1) is 10.2 Å². The zero-order valence-corrected chi connectivity index (χ0v) is 11.4. The maximum Gasteiger partial charge on any atom is 0.330 e. The Morgan fingerprint density at radius 3 is 2.91 bits per heavy atom. The van der Waals surface area contributed by atoms with Gasteiger partial charge in [0.1, 0.15) is 12.3 Å². The van der Waals surface area contributed by atoms with Crippen LogP contribution in [0.15, 0.2) is 22.1 Å². The van der Waals surface area contributed by atoms with Crippen LogP contribution in [0.2, 0.25) is 0 Å². The number of H-pyrrole nitrogens is 1. The molecule has 3 heterocycles. The molecule has 0 spiro atoms. The number of nitrogens with one attached hydrogen (secondary N) is 1. The van der Waals surface area contributed by atoms with Crippen LogP contribution in [0.1, 0.15) is 18.2 Å². The van der Waals surface area contributed by atoms with E-state index in [1.165, 1.54) is 21.9 Å². The fourth-order valence-corrected chi connectivity index (χ4v) is 2.32. The van der Waals surface area contributed by atoms with Crippen LogP contribution in [-0.2, 0) is 11.3 Å². The molecule has 0 aliphatic carbocycles. The summed E-state index contributed by atoms with van der Waals surface area (Å²) >= 11 is 0. The van der Waals surface area contributed by atoms with Crippen molar-refractivity contribution in [3.63, 3.8) is 0 Å². The molecule has 0 amide bonds. The molecule has 3 rings (SSSR count). The lowest BCUT2D eigenvalue weighted by atomic mass is 10.2. The molecule has 3 N–H and O–H groups in total. The molecule has 0 bridgehead atoms. The monoisotopic (exact) mass is 310 g/mol. The summed E-state index contributed by atoms with van der Waals surface area (Å²) in [5.74, 6) is 0. The minimum Gasteiger partial charge on any atom is -0.394 e. The number of aromatic amines is 1. The molecule has 1 fully saturated rings. The smallest absolute Gasteiger partial charge is 0.330 e. The molecule has 1 aliphatic heterocycles. The highest BCUT2D eigenvalue weighted by molar-refractivity contribution is 5.05. The first kappa shape index (κ1) is 14.6. The summed E-state index contributed by atoms with van der Waals surface area (Å²) in [4.78, 5) is 27.1. The lowest BCUT2D eigenvalue weighted by Gasteiger charge is -2.15. The molecule has 11 nitrogen and oxygen atoms in total. The Kier molecular flexibility index (Phi) is 3.83. The Morgan fingerprint density at radius 1 is 1.45 bits per heavy atom. The van der Waals surface area contributed by atoms with Crippen molar-refractivity contribution >= 4 is 0 Å². The molecule has 22 heavy (non-hydrogen) atoms. The number of hydrogen-bond acceptors (Lipinski definition) is 8. The lowest BCUT2D eigenvalue weighted by molar-refractivity contribution is -0.0460. The molecule has 1 saturated heterocycles. The van der Waals surface area contributed by atoms with Crippen LogP contribution < -0.4 is 11.2 Å². The van der Waals surface area contributed by atoms with Crippen LogP contribution in [0.3, 0.4) is 0 Å². The Bertz CT molecular complexity index is 753. The maximum absolute atomic E-state index is 11.9. The second kappa shape index (κ2) is 5.79. The van der Waals surface area contributed by atoms with Crippen molar-refractivity contribution in [1.29, 1.82) is 0 Å². The van der Waals surface area contributed by atoms with E-state index in [9.17, 15) is 14.7 Å². The predicted molar refractivity (Wildman–Crippen MR) is 69.9 cm³/mol. The summed E-state index contributed by atoms with van der Waals surface area (Å²) in [5.41, 5.74) is -0.977. The van der Waals surface area contributed by atoms with E-state index in [0.29, 0.717) is 0 Å². The van der Waals surface area contributed by atoms with Gasteiger partial charge in [0.25, 0.3) is 5.56 Å². The van der Waals surface area contributed by atoms with Crippen molar-refractivity contribution in [3.8, 4) is 0 Å². The van der Waals surface area contributed by atoms with Gasteiger partial charge in [-0.05, 0) is 5.21 Å². The summed E-state index contributed by atoms with van der Waals surface area (Å²) in [6.45, 7) is -0.320. The largest absolute Gasteiger partial charge is 0.394 e. The van der Waals surface area contributed by atoms with Crippen molar-refractivity contribution in [2.45, 2.75) is 31.4 Å². The van der Waals surface area contributed by atoms with E-state index < -0.39 is 29.7 Å².